The highest BCUT2D eigenvalue weighted by atomic mass is 35.5. The maximum absolute atomic E-state index is 5.79. The second kappa shape index (κ2) is 5.53. The molecule has 0 spiro atoms. The van der Waals surface area contributed by atoms with Gasteiger partial charge in [0.05, 0.1) is 18.8 Å². The molecule has 1 aliphatic heterocycles. The van der Waals surface area contributed by atoms with Crippen molar-refractivity contribution >= 4 is 11.6 Å². The smallest absolute Gasteiger partial charge is 0.119 e. The summed E-state index contributed by atoms with van der Waals surface area (Å²) in [5.41, 5.74) is 0. The van der Waals surface area contributed by atoms with Crippen molar-refractivity contribution in [1.82, 2.24) is 5.32 Å². The lowest BCUT2D eigenvalue weighted by atomic mass is 10.2. The zero-order valence-electron chi connectivity index (χ0n) is 9.28. The highest BCUT2D eigenvalue weighted by Gasteiger charge is 2.17. The van der Waals surface area contributed by atoms with Gasteiger partial charge in [-0.2, -0.15) is 0 Å². The predicted octanol–water partition coefficient (Wildman–Crippen LogP) is 2.10. The van der Waals surface area contributed by atoms with Gasteiger partial charge in [-0.3, -0.25) is 0 Å². The minimum Gasteiger partial charge on any atom is -0.492 e. The molecule has 4 heteroatoms. The molecule has 1 fully saturated rings. The van der Waals surface area contributed by atoms with Gasteiger partial charge < -0.3 is 14.8 Å². The van der Waals surface area contributed by atoms with Crippen molar-refractivity contribution in [2.45, 2.75) is 19.1 Å². The largest absolute Gasteiger partial charge is 0.492 e. The third-order valence-corrected chi connectivity index (χ3v) is 2.79. The Labute approximate surface area is 101 Å². The first-order valence-electron chi connectivity index (χ1n) is 5.47. The zero-order chi connectivity index (χ0) is 11.4. The summed E-state index contributed by atoms with van der Waals surface area (Å²) in [4.78, 5) is 0. The Bertz CT molecular complexity index is 320. The van der Waals surface area contributed by atoms with Gasteiger partial charge in [-0.15, -0.1) is 0 Å². The van der Waals surface area contributed by atoms with Gasteiger partial charge in [-0.05, 0) is 31.2 Å². The van der Waals surface area contributed by atoms with E-state index in [1.807, 2.05) is 24.3 Å². The molecule has 3 nitrogen and oxygen atoms in total. The van der Waals surface area contributed by atoms with E-state index in [1.165, 1.54) is 0 Å². The number of nitrogens with one attached hydrogen (secondary N) is 1. The van der Waals surface area contributed by atoms with Crippen LogP contribution in [-0.2, 0) is 4.74 Å². The van der Waals surface area contributed by atoms with E-state index in [9.17, 15) is 0 Å². The summed E-state index contributed by atoms with van der Waals surface area (Å²) >= 11 is 5.79. The number of halogens is 1. The first kappa shape index (κ1) is 11.7. The maximum Gasteiger partial charge on any atom is 0.119 e. The van der Waals surface area contributed by atoms with Gasteiger partial charge in [0.25, 0.3) is 0 Å². The van der Waals surface area contributed by atoms with E-state index in [2.05, 4.69) is 12.2 Å². The molecule has 1 saturated heterocycles. The van der Waals surface area contributed by atoms with E-state index in [4.69, 9.17) is 21.1 Å². The Kier molecular flexibility index (Phi) is 4.04. The minimum absolute atomic E-state index is 0.270. The number of hydrogen-bond donors (Lipinski definition) is 1. The SMILES string of the molecule is CC1CNC(COc2ccc(Cl)cc2)CO1. The standard InChI is InChI=1S/C12H16ClNO2/c1-9-6-14-11(7-15-9)8-16-12-4-2-10(13)3-5-12/h2-5,9,11,14H,6-8H2,1H3. The van der Waals surface area contributed by atoms with Gasteiger partial charge in [0.1, 0.15) is 12.4 Å². The molecular formula is C12H16ClNO2. The summed E-state index contributed by atoms with van der Waals surface area (Å²) in [7, 11) is 0. The normalized spacial score (nSPS) is 25.4. The molecule has 1 aliphatic rings. The molecule has 1 aromatic rings. The van der Waals surface area contributed by atoms with Crippen LogP contribution in [0.15, 0.2) is 24.3 Å². The Balaban J connectivity index is 1.77. The molecule has 1 N–H and O–H groups in total. The third kappa shape index (κ3) is 3.37. The maximum atomic E-state index is 5.79. The Morgan fingerprint density at radius 3 is 2.81 bits per heavy atom. The molecule has 0 aliphatic carbocycles. The van der Waals surface area contributed by atoms with Crippen LogP contribution in [-0.4, -0.2) is 31.9 Å². The van der Waals surface area contributed by atoms with Gasteiger partial charge in [0, 0.05) is 11.6 Å². The lowest BCUT2D eigenvalue weighted by Gasteiger charge is -2.28. The van der Waals surface area contributed by atoms with Crippen LogP contribution in [0.1, 0.15) is 6.92 Å². The number of morpholine rings is 1. The first-order chi connectivity index (χ1) is 7.74. The molecule has 1 heterocycles. The zero-order valence-corrected chi connectivity index (χ0v) is 10.0. The molecule has 2 atom stereocenters. The van der Waals surface area contributed by atoms with Crippen LogP contribution in [0.25, 0.3) is 0 Å². The molecule has 0 aromatic heterocycles. The molecule has 0 bridgehead atoms. The minimum atomic E-state index is 0.270. The molecule has 88 valence electrons. The summed E-state index contributed by atoms with van der Waals surface area (Å²) in [6, 6.07) is 7.66. The fourth-order valence-electron chi connectivity index (χ4n) is 1.57. The molecule has 16 heavy (non-hydrogen) atoms. The molecule has 2 rings (SSSR count). The van der Waals surface area contributed by atoms with Gasteiger partial charge in [-0.25, -0.2) is 0 Å². The number of rotatable bonds is 3. The first-order valence-corrected chi connectivity index (χ1v) is 5.85. The van der Waals surface area contributed by atoms with Crippen molar-refractivity contribution in [2.24, 2.45) is 0 Å². The highest BCUT2D eigenvalue weighted by molar-refractivity contribution is 6.30. The summed E-state index contributed by atoms with van der Waals surface area (Å²) < 4.78 is 11.2. The molecular weight excluding hydrogens is 226 g/mol. The van der Waals surface area contributed by atoms with Gasteiger partial charge >= 0.3 is 0 Å². The number of ether oxygens (including phenoxy) is 2. The van der Waals surface area contributed by atoms with Gasteiger partial charge in [0.2, 0.25) is 0 Å². The van der Waals surface area contributed by atoms with E-state index in [-0.39, 0.29) is 6.04 Å². The fraction of sp³-hybridized carbons (Fsp3) is 0.500. The van der Waals surface area contributed by atoms with Crippen molar-refractivity contribution in [3.63, 3.8) is 0 Å². The second-order valence-corrected chi connectivity index (χ2v) is 4.45. The summed E-state index contributed by atoms with van der Waals surface area (Å²) in [5.74, 6) is 0.838. The molecule has 1 aromatic carbocycles. The summed E-state index contributed by atoms with van der Waals surface area (Å²) in [6.07, 6.45) is 0.298. The fourth-order valence-corrected chi connectivity index (χ4v) is 1.69. The lowest BCUT2D eigenvalue weighted by Crippen LogP contribution is -2.48. The van der Waals surface area contributed by atoms with E-state index in [0.717, 1.165) is 17.3 Å². The van der Waals surface area contributed by atoms with Crippen LogP contribution in [0.4, 0.5) is 0 Å². The molecule has 2 unspecified atom stereocenters. The topological polar surface area (TPSA) is 30.5 Å². The Hall–Kier alpha value is -0.770. The Morgan fingerprint density at radius 1 is 1.44 bits per heavy atom. The van der Waals surface area contributed by atoms with Crippen molar-refractivity contribution < 1.29 is 9.47 Å². The quantitative estimate of drug-likeness (QED) is 0.879. The van der Waals surface area contributed by atoms with Crippen molar-refractivity contribution in [3.05, 3.63) is 29.3 Å². The van der Waals surface area contributed by atoms with Gasteiger partial charge in [0.15, 0.2) is 0 Å². The number of hydrogen-bond acceptors (Lipinski definition) is 3. The predicted molar refractivity (Wildman–Crippen MR) is 64.2 cm³/mol. The second-order valence-electron chi connectivity index (χ2n) is 4.01. The van der Waals surface area contributed by atoms with Gasteiger partial charge in [-0.1, -0.05) is 11.6 Å². The van der Waals surface area contributed by atoms with Crippen LogP contribution in [0.5, 0.6) is 5.75 Å². The van der Waals surface area contributed by atoms with Crippen LogP contribution in [0, 0.1) is 0 Å². The number of benzene rings is 1. The average Bonchev–Trinajstić information content (AvgIpc) is 2.30. The van der Waals surface area contributed by atoms with Crippen LogP contribution < -0.4 is 10.1 Å². The third-order valence-electron chi connectivity index (χ3n) is 2.54. The molecule has 0 radical (unpaired) electrons. The van der Waals surface area contributed by atoms with Crippen molar-refractivity contribution in [2.75, 3.05) is 19.8 Å². The molecule has 0 saturated carbocycles. The summed E-state index contributed by atoms with van der Waals surface area (Å²) in [6.45, 7) is 4.26. The van der Waals surface area contributed by atoms with Crippen molar-refractivity contribution in [3.8, 4) is 5.75 Å². The average molecular weight is 242 g/mol. The van der Waals surface area contributed by atoms with E-state index >= 15 is 0 Å². The van der Waals surface area contributed by atoms with E-state index < -0.39 is 0 Å². The monoisotopic (exact) mass is 241 g/mol. The summed E-state index contributed by atoms with van der Waals surface area (Å²) in [5, 5.41) is 4.10. The lowest BCUT2D eigenvalue weighted by molar-refractivity contribution is 0.00456. The molecule has 0 amide bonds. The van der Waals surface area contributed by atoms with Crippen LogP contribution in [0.2, 0.25) is 5.02 Å². The van der Waals surface area contributed by atoms with E-state index in [1.54, 1.807) is 0 Å². The van der Waals surface area contributed by atoms with Crippen molar-refractivity contribution in [1.29, 1.82) is 0 Å². The Morgan fingerprint density at radius 2 is 2.19 bits per heavy atom. The highest BCUT2D eigenvalue weighted by Crippen LogP contribution is 2.15. The van der Waals surface area contributed by atoms with Crippen LogP contribution >= 0.6 is 11.6 Å². The van der Waals surface area contributed by atoms with Crippen LogP contribution in [0.3, 0.4) is 0 Å². The van der Waals surface area contributed by atoms with E-state index in [0.29, 0.717) is 19.3 Å².